The third-order valence-corrected chi connectivity index (χ3v) is 3.05. The lowest BCUT2D eigenvalue weighted by atomic mass is 10.1. The van der Waals surface area contributed by atoms with E-state index in [1.165, 1.54) is 5.56 Å². The third-order valence-electron chi connectivity index (χ3n) is 3.05. The van der Waals surface area contributed by atoms with Crippen LogP contribution in [0.15, 0.2) is 54.6 Å². The van der Waals surface area contributed by atoms with Crippen molar-refractivity contribution in [2.24, 2.45) is 0 Å². The second-order valence-electron chi connectivity index (χ2n) is 4.74. The summed E-state index contributed by atoms with van der Waals surface area (Å²) in [7, 11) is 0. The van der Waals surface area contributed by atoms with Crippen LogP contribution in [0, 0.1) is 11.8 Å². The molecule has 2 aromatic rings. The molecule has 0 saturated heterocycles. The van der Waals surface area contributed by atoms with Crippen LogP contribution in [0.2, 0.25) is 0 Å². The van der Waals surface area contributed by atoms with Gasteiger partial charge in [0.15, 0.2) is 0 Å². The second-order valence-corrected chi connectivity index (χ2v) is 4.74. The molecule has 0 radical (unpaired) electrons. The number of aliphatic hydroxyl groups excluding tert-OH is 1. The molecule has 0 fully saturated rings. The summed E-state index contributed by atoms with van der Waals surface area (Å²) in [6, 6.07) is 18.2. The molecule has 0 aliphatic rings. The fourth-order valence-corrected chi connectivity index (χ4v) is 1.97. The van der Waals surface area contributed by atoms with Crippen LogP contribution in [-0.2, 0) is 6.42 Å². The number of hydrogen-bond acceptors (Lipinski definition) is 2. The molecule has 2 rings (SSSR count). The molecule has 21 heavy (non-hydrogen) atoms. The van der Waals surface area contributed by atoms with E-state index in [0.29, 0.717) is 13.0 Å². The Kier molecular flexibility index (Phi) is 6.38. The van der Waals surface area contributed by atoms with Crippen molar-refractivity contribution in [3.05, 3.63) is 65.7 Å². The minimum atomic E-state index is 0.107. The summed E-state index contributed by atoms with van der Waals surface area (Å²) < 4.78 is 5.72. The molecule has 108 valence electrons. The number of aryl methyl sites for hydroxylation is 1. The molecule has 0 atom stereocenters. The molecule has 0 bridgehead atoms. The standard InChI is InChI=1S/C19H20O2/c20-15-5-4-9-18-11-13-19(14-12-18)21-16-6-10-17-7-2-1-3-8-17/h1-3,7-8,11-14,20H,5-6,10,15-16H2. The van der Waals surface area contributed by atoms with Crippen LogP contribution < -0.4 is 4.74 Å². The maximum atomic E-state index is 8.67. The van der Waals surface area contributed by atoms with Crippen LogP contribution in [0.1, 0.15) is 24.0 Å². The first kappa shape index (κ1) is 15.2. The van der Waals surface area contributed by atoms with Crippen molar-refractivity contribution in [2.75, 3.05) is 13.2 Å². The van der Waals surface area contributed by atoms with Crippen molar-refractivity contribution in [1.29, 1.82) is 0 Å². The third kappa shape index (κ3) is 5.72. The molecule has 0 heterocycles. The van der Waals surface area contributed by atoms with Crippen molar-refractivity contribution in [3.63, 3.8) is 0 Å². The van der Waals surface area contributed by atoms with E-state index in [0.717, 1.165) is 24.2 Å². The van der Waals surface area contributed by atoms with Gasteiger partial charge in [-0.25, -0.2) is 0 Å². The van der Waals surface area contributed by atoms with E-state index in [2.05, 4.69) is 36.1 Å². The Balaban J connectivity index is 1.73. The summed E-state index contributed by atoms with van der Waals surface area (Å²) in [4.78, 5) is 0. The predicted octanol–water partition coefficient (Wildman–Crippen LogP) is 3.43. The van der Waals surface area contributed by atoms with E-state index in [9.17, 15) is 0 Å². The molecule has 1 N–H and O–H groups in total. The molecule has 0 aliphatic heterocycles. The average molecular weight is 280 g/mol. The van der Waals surface area contributed by atoms with E-state index in [4.69, 9.17) is 9.84 Å². The summed E-state index contributed by atoms with van der Waals surface area (Å²) >= 11 is 0. The monoisotopic (exact) mass is 280 g/mol. The van der Waals surface area contributed by atoms with E-state index in [1.807, 2.05) is 30.3 Å². The molecular formula is C19H20O2. The fraction of sp³-hybridized carbons (Fsp3) is 0.263. The molecule has 0 amide bonds. The van der Waals surface area contributed by atoms with E-state index < -0.39 is 0 Å². The highest BCUT2D eigenvalue weighted by Crippen LogP contribution is 2.12. The van der Waals surface area contributed by atoms with Gasteiger partial charge in [-0.15, -0.1) is 0 Å². The molecule has 0 aliphatic carbocycles. The van der Waals surface area contributed by atoms with Crippen molar-refractivity contribution in [1.82, 2.24) is 0 Å². The van der Waals surface area contributed by atoms with Gasteiger partial charge >= 0.3 is 0 Å². The van der Waals surface area contributed by atoms with Gasteiger partial charge < -0.3 is 9.84 Å². The largest absolute Gasteiger partial charge is 0.494 e. The highest BCUT2D eigenvalue weighted by molar-refractivity contribution is 5.38. The van der Waals surface area contributed by atoms with Crippen molar-refractivity contribution < 1.29 is 9.84 Å². The zero-order chi connectivity index (χ0) is 14.8. The molecule has 0 aromatic heterocycles. The van der Waals surface area contributed by atoms with Crippen molar-refractivity contribution >= 4 is 0 Å². The SMILES string of the molecule is OCCC#Cc1ccc(OCCCc2ccccc2)cc1. The van der Waals surface area contributed by atoms with Gasteiger partial charge in [0.05, 0.1) is 13.2 Å². The van der Waals surface area contributed by atoms with Crippen LogP contribution in [0.5, 0.6) is 5.75 Å². The average Bonchev–Trinajstić information content (AvgIpc) is 2.54. The summed E-state index contributed by atoms with van der Waals surface area (Å²) in [5.74, 6) is 6.77. The zero-order valence-electron chi connectivity index (χ0n) is 12.1. The Morgan fingerprint density at radius 1 is 0.952 bits per heavy atom. The zero-order valence-corrected chi connectivity index (χ0v) is 12.1. The van der Waals surface area contributed by atoms with E-state index >= 15 is 0 Å². The molecule has 2 aromatic carbocycles. The molecule has 2 heteroatoms. The van der Waals surface area contributed by atoms with E-state index in [1.54, 1.807) is 0 Å². The van der Waals surface area contributed by atoms with Crippen LogP contribution in [0.25, 0.3) is 0 Å². The van der Waals surface area contributed by atoms with Gasteiger partial charge in [-0.05, 0) is 42.7 Å². The summed E-state index contributed by atoms with van der Waals surface area (Å²) in [6.07, 6.45) is 2.55. The van der Waals surface area contributed by atoms with E-state index in [-0.39, 0.29) is 6.61 Å². The predicted molar refractivity (Wildman–Crippen MR) is 85.3 cm³/mol. The van der Waals surface area contributed by atoms with Crippen LogP contribution >= 0.6 is 0 Å². The first-order chi connectivity index (χ1) is 10.4. The lowest BCUT2D eigenvalue weighted by Crippen LogP contribution is -1.99. The molecule has 0 saturated carbocycles. The topological polar surface area (TPSA) is 29.5 Å². The van der Waals surface area contributed by atoms with Crippen LogP contribution in [0.3, 0.4) is 0 Å². The summed E-state index contributed by atoms with van der Waals surface area (Å²) in [6.45, 7) is 0.819. The van der Waals surface area contributed by atoms with Crippen molar-refractivity contribution in [3.8, 4) is 17.6 Å². The van der Waals surface area contributed by atoms with Gasteiger partial charge in [0.1, 0.15) is 5.75 Å². The lowest BCUT2D eigenvalue weighted by Gasteiger charge is -2.06. The van der Waals surface area contributed by atoms with Gasteiger partial charge in [-0.2, -0.15) is 0 Å². The first-order valence-electron chi connectivity index (χ1n) is 7.25. The highest BCUT2D eigenvalue weighted by Gasteiger charge is 1.95. The number of hydrogen-bond donors (Lipinski definition) is 1. The quantitative estimate of drug-likeness (QED) is 0.649. The minimum absolute atomic E-state index is 0.107. The maximum Gasteiger partial charge on any atom is 0.119 e. The van der Waals surface area contributed by atoms with Crippen molar-refractivity contribution in [2.45, 2.75) is 19.3 Å². The second kappa shape index (κ2) is 8.84. The Bertz CT molecular complexity index is 576. The van der Waals surface area contributed by atoms with Gasteiger partial charge in [0, 0.05) is 12.0 Å². The molecule has 0 unspecified atom stereocenters. The van der Waals surface area contributed by atoms with Crippen LogP contribution in [0.4, 0.5) is 0 Å². The Labute approximate surface area is 126 Å². The number of benzene rings is 2. The van der Waals surface area contributed by atoms with Gasteiger partial charge in [-0.3, -0.25) is 0 Å². The first-order valence-corrected chi connectivity index (χ1v) is 7.25. The minimum Gasteiger partial charge on any atom is -0.494 e. The Hall–Kier alpha value is -2.24. The van der Waals surface area contributed by atoms with Gasteiger partial charge in [-0.1, -0.05) is 42.2 Å². The Morgan fingerprint density at radius 2 is 1.71 bits per heavy atom. The molecular weight excluding hydrogens is 260 g/mol. The Morgan fingerprint density at radius 3 is 2.43 bits per heavy atom. The highest BCUT2D eigenvalue weighted by atomic mass is 16.5. The summed E-state index contributed by atoms with van der Waals surface area (Å²) in [5, 5.41) is 8.67. The number of rotatable bonds is 6. The molecule has 2 nitrogen and oxygen atoms in total. The maximum absolute atomic E-state index is 8.67. The normalized spacial score (nSPS) is 9.76. The fourth-order valence-electron chi connectivity index (χ4n) is 1.97. The lowest BCUT2D eigenvalue weighted by molar-refractivity contribution is 0.305. The number of aliphatic hydroxyl groups is 1. The number of ether oxygens (including phenoxy) is 1. The molecule has 0 spiro atoms. The van der Waals surface area contributed by atoms with Gasteiger partial charge in [0.2, 0.25) is 0 Å². The summed E-state index contributed by atoms with van der Waals surface area (Å²) in [5.41, 5.74) is 2.29. The smallest absolute Gasteiger partial charge is 0.119 e. The van der Waals surface area contributed by atoms with Crippen LogP contribution in [-0.4, -0.2) is 18.3 Å². The van der Waals surface area contributed by atoms with Gasteiger partial charge in [0.25, 0.3) is 0 Å².